The first-order valence-electron chi connectivity index (χ1n) is 13.5. The number of phenolic OH excluding ortho intramolecular Hbond substituents is 1. The fourth-order valence-electron chi connectivity index (χ4n) is 7.87. The minimum absolute atomic E-state index is 0.0303. The number of likely N-dealkylation sites (tertiary alicyclic amines) is 1. The Bertz CT molecular complexity index is 1290. The summed E-state index contributed by atoms with van der Waals surface area (Å²) in [5.74, 6) is 1.28. The number of hydrogen-bond acceptors (Lipinski definition) is 5. The molecule has 7 rings (SSSR count). The average molecular weight is 521 g/mol. The molecule has 2 aromatic rings. The van der Waals surface area contributed by atoms with E-state index in [-0.39, 0.29) is 23.7 Å². The molecule has 2 aliphatic heterocycles. The molecule has 0 aromatic heterocycles. The van der Waals surface area contributed by atoms with Crippen molar-refractivity contribution in [3.63, 3.8) is 0 Å². The number of nitrogens with zero attached hydrogens (tertiary/aromatic N) is 2. The van der Waals surface area contributed by atoms with E-state index in [9.17, 15) is 15.0 Å². The lowest BCUT2D eigenvalue weighted by molar-refractivity contribution is -0.200. The van der Waals surface area contributed by atoms with E-state index in [2.05, 4.69) is 4.90 Å². The number of halogens is 1. The zero-order chi connectivity index (χ0) is 25.5. The zero-order valence-corrected chi connectivity index (χ0v) is 21.8. The number of hydrogen-bond donors (Lipinski definition) is 2. The van der Waals surface area contributed by atoms with Gasteiger partial charge in [-0.25, -0.2) is 0 Å². The van der Waals surface area contributed by atoms with Crippen LogP contribution in [0.5, 0.6) is 11.5 Å². The summed E-state index contributed by atoms with van der Waals surface area (Å²) in [7, 11) is 1.83. The number of aromatic hydroxyl groups is 1. The summed E-state index contributed by atoms with van der Waals surface area (Å²) >= 11 is 5.99. The molecule has 194 valence electrons. The summed E-state index contributed by atoms with van der Waals surface area (Å²) in [6.45, 7) is 1.95. The lowest BCUT2D eigenvalue weighted by atomic mass is 9.48. The number of rotatable bonds is 5. The summed E-state index contributed by atoms with van der Waals surface area (Å²) < 4.78 is 6.60. The lowest BCUT2D eigenvalue weighted by Crippen LogP contribution is -2.78. The van der Waals surface area contributed by atoms with Crippen molar-refractivity contribution in [3.8, 4) is 11.5 Å². The Balaban J connectivity index is 1.24. The molecule has 2 saturated carbocycles. The van der Waals surface area contributed by atoms with Crippen molar-refractivity contribution in [3.05, 3.63) is 64.2 Å². The minimum Gasteiger partial charge on any atom is -0.504 e. The Morgan fingerprint density at radius 1 is 1.19 bits per heavy atom. The number of carbonyl (C=O) groups is 1. The van der Waals surface area contributed by atoms with Gasteiger partial charge in [-0.05, 0) is 86.4 Å². The van der Waals surface area contributed by atoms with Crippen molar-refractivity contribution in [2.75, 3.05) is 20.1 Å². The summed E-state index contributed by atoms with van der Waals surface area (Å²) in [6.07, 6.45) is 8.35. The third kappa shape index (κ3) is 3.35. The Labute approximate surface area is 222 Å². The van der Waals surface area contributed by atoms with Gasteiger partial charge in [0.05, 0.1) is 17.1 Å². The van der Waals surface area contributed by atoms with Crippen molar-refractivity contribution in [2.45, 2.75) is 67.7 Å². The van der Waals surface area contributed by atoms with Crippen LogP contribution in [0.4, 0.5) is 0 Å². The van der Waals surface area contributed by atoms with Crippen molar-refractivity contribution in [1.29, 1.82) is 0 Å². The minimum atomic E-state index is -0.948. The van der Waals surface area contributed by atoms with Crippen LogP contribution < -0.4 is 4.74 Å². The summed E-state index contributed by atoms with van der Waals surface area (Å²) in [4.78, 5) is 17.6. The molecule has 5 atom stereocenters. The van der Waals surface area contributed by atoms with Gasteiger partial charge in [0.2, 0.25) is 5.91 Å². The number of likely N-dealkylation sites (N-methyl/N-ethyl adjacent to an activating group) is 1. The van der Waals surface area contributed by atoms with Crippen LogP contribution in [0.3, 0.4) is 0 Å². The van der Waals surface area contributed by atoms with Crippen LogP contribution in [0.1, 0.15) is 48.8 Å². The molecular formula is C30H33ClN2O4. The van der Waals surface area contributed by atoms with Gasteiger partial charge in [-0.1, -0.05) is 29.8 Å². The largest absolute Gasteiger partial charge is 0.504 e. The second kappa shape index (κ2) is 8.23. The second-order valence-corrected chi connectivity index (χ2v) is 12.2. The van der Waals surface area contributed by atoms with Gasteiger partial charge in [0.1, 0.15) is 6.10 Å². The molecule has 0 unspecified atom stereocenters. The molecule has 1 amide bonds. The van der Waals surface area contributed by atoms with Crippen molar-refractivity contribution in [2.24, 2.45) is 5.92 Å². The maximum absolute atomic E-state index is 13.3. The maximum atomic E-state index is 13.3. The van der Waals surface area contributed by atoms with Crippen LogP contribution in [0, 0.1) is 5.92 Å². The number of piperidine rings is 1. The van der Waals surface area contributed by atoms with Gasteiger partial charge >= 0.3 is 0 Å². The molecule has 3 fully saturated rings. The van der Waals surface area contributed by atoms with E-state index in [1.165, 1.54) is 18.4 Å². The third-order valence-corrected chi connectivity index (χ3v) is 10.1. The van der Waals surface area contributed by atoms with Gasteiger partial charge in [-0.2, -0.15) is 0 Å². The standard InChI is InChI=1S/C30H33ClN2O4/c1-32(25(35)11-6-18-4-8-21(31)9-5-18)22-12-13-30(36)24-16-20-7-10-23(34)27-26(20)29(30,28(22)37-27)14-15-33(24)17-19-2-3-19/h4-11,19,22,24,28,34,36H,2-3,12-17H2,1H3/t22-,24-,28+,29+,30-/m1/s1. The zero-order valence-electron chi connectivity index (χ0n) is 21.1. The lowest BCUT2D eigenvalue weighted by Gasteiger charge is -2.64. The van der Waals surface area contributed by atoms with Gasteiger partial charge in [0.15, 0.2) is 11.5 Å². The fraction of sp³-hybridized carbons (Fsp3) is 0.500. The molecule has 7 heteroatoms. The van der Waals surface area contributed by atoms with Crippen molar-refractivity contribution >= 4 is 23.6 Å². The molecule has 1 spiro atoms. The first-order chi connectivity index (χ1) is 17.8. The van der Waals surface area contributed by atoms with E-state index < -0.39 is 17.1 Å². The monoisotopic (exact) mass is 520 g/mol. The van der Waals surface area contributed by atoms with Crippen LogP contribution in [-0.2, 0) is 16.6 Å². The normalized spacial score (nSPS) is 33.8. The van der Waals surface area contributed by atoms with Gasteiger partial charge in [-0.15, -0.1) is 0 Å². The second-order valence-electron chi connectivity index (χ2n) is 11.7. The Hall–Kier alpha value is -2.54. The van der Waals surface area contributed by atoms with Crippen LogP contribution >= 0.6 is 11.6 Å². The van der Waals surface area contributed by atoms with Gasteiger partial charge in [0.25, 0.3) is 0 Å². The van der Waals surface area contributed by atoms with E-state index in [1.807, 2.05) is 25.2 Å². The van der Waals surface area contributed by atoms with Gasteiger partial charge in [-0.3, -0.25) is 9.69 Å². The SMILES string of the molecule is CN(C(=O)C=Cc1ccc(Cl)cc1)[C@@H]1CC[C@@]2(O)[C@H]3Cc4ccc(O)c5c4[C@@]2(CCN3CC2CC2)[C@H]1O5. The molecule has 6 nitrogen and oxygen atoms in total. The smallest absolute Gasteiger partial charge is 0.246 e. The molecule has 2 N–H and O–H groups in total. The van der Waals surface area contributed by atoms with Crippen LogP contribution in [-0.4, -0.2) is 69.8 Å². The predicted octanol–water partition coefficient (Wildman–Crippen LogP) is 4.15. The maximum Gasteiger partial charge on any atom is 0.246 e. The van der Waals surface area contributed by atoms with Crippen LogP contribution in [0.2, 0.25) is 5.02 Å². The Morgan fingerprint density at radius 3 is 2.73 bits per heavy atom. The third-order valence-electron chi connectivity index (χ3n) is 9.86. The highest BCUT2D eigenvalue weighted by Gasteiger charge is 2.73. The van der Waals surface area contributed by atoms with E-state index in [0.717, 1.165) is 43.0 Å². The highest BCUT2D eigenvalue weighted by molar-refractivity contribution is 6.30. The number of carbonyl (C=O) groups excluding carboxylic acids is 1. The molecule has 1 saturated heterocycles. The summed E-state index contributed by atoms with van der Waals surface area (Å²) in [5, 5.41) is 24.1. The quantitative estimate of drug-likeness (QED) is 0.579. The van der Waals surface area contributed by atoms with Crippen molar-refractivity contribution in [1.82, 2.24) is 9.80 Å². The topological polar surface area (TPSA) is 73.2 Å². The van der Waals surface area contributed by atoms with Crippen LogP contribution in [0.25, 0.3) is 6.08 Å². The average Bonchev–Trinajstić information content (AvgIpc) is 3.63. The number of phenols is 1. The highest BCUT2D eigenvalue weighted by atomic mass is 35.5. The molecule has 3 aliphatic carbocycles. The van der Waals surface area contributed by atoms with Crippen molar-refractivity contribution < 1.29 is 19.7 Å². The number of benzene rings is 2. The van der Waals surface area contributed by atoms with E-state index >= 15 is 0 Å². The molecule has 0 radical (unpaired) electrons. The molecule has 37 heavy (non-hydrogen) atoms. The molecule has 2 heterocycles. The van der Waals surface area contributed by atoms with Crippen LogP contribution in [0.15, 0.2) is 42.5 Å². The number of aliphatic hydroxyl groups is 1. The van der Waals surface area contributed by atoms with Gasteiger partial charge < -0.3 is 19.8 Å². The first kappa shape index (κ1) is 23.6. The summed E-state index contributed by atoms with van der Waals surface area (Å²) in [5.41, 5.74) is 1.49. The van der Waals surface area contributed by atoms with Gasteiger partial charge in [0, 0.05) is 36.3 Å². The number of ether oxygens (including phenoxy) is 1. The number of amides is 1. The van der Waals surface area contributed by atoms with E-state index in [0.29, 0.717) is 23.6 Å². The predicted molar refractivity (Wildman–Crippen MR) is 142 cm³/mol. The van der Waals surface area contributed by atoms with E-state index in [4.69, 9.17) is 16.3 Å². The molecular weight excluding hydrogens is 488 g/mol. The fourth-order valence-corrected chi connectivity index (χ4v) is 8.00. The Kier molecular flexibility index (Phi) is 5.24. The summed E-state index contributed by atoms with van der Waals surface area (Å²) in [6, 6.07) is 10.9. The highest BCUT2D eigenvalue weighted by Crippen LogP contribution is 2.66. The first-order valence-corrected chi connectivity index (χ1v) is 13.9. The molecule has 2 aromatic carbocycles. The molecule has 5 aliphatic rings. The molecule has 2 bridgehead atoms. The van der Waals surface area contributed by atoms with E-state index in [1.54, 1.807) is 35.3 Å². The Morgan fingerprint density at radius 2 is 1.97 bits per heavy atom.